The number of amides is 3. The third kappa shape index (κ3) is 2.81. The van der Waals surface area contributed by atoms with E-state index in [-0.39, 0.29) is 5.91 Å². The Labute approximate surface area is 112 Å². The number of hydrogen-bond donors (Lipinski definition) is 2. The van der Waals surface area contributed by atoms with E-state index >= 15 is 0 Å². The Balaban J connectivity index is 2.00. The fourth-order valence-electron chi connectivity index (χ4n) is 1.44. The van der Waals surface area contributed by atoms with Crippen molar-refractivity contribution in [1.29, 1.82) is 0 Å². The second-order valence-corrected chi connectivity index (χ2v) is 5.95. The molecule has 17 heavy (non-hydrogen) atoms. The van der Waals surface area contributed by atoms with E-state index in [1.54, 1.807) is 6.92 Å². The quantitative estimate of drug-likeness (QED) is 0.664. The predicted octanol–water partition coefficient (Wildman–Crippen LogP) is 2.14. The van der Waals surface area contributed by atoms with Crippen LogP contribution in [0.2, 0.25) is 0 Å². The van der Waals surface area contributed by atoms with E-state index in [9.17, 15) is 9.59 Å². The molecule has 1 aliphatic heterocycles. The number of halogens is 1. The molecule has 1 heterocycles. The minimum Gasteiger partial charge on any atom is -0.323 e. The predicted molar refractivity (Wildman–Crippen MR) is 69.9 cm³/mol. The SMILES string of the molecule is CC1(CSc2ccc(Br)cc2)NC(=O)NC1=O. The lowest BCUT2D eigenvalue weighted by Crippen LogP contribution is -2.46. The summed E-state index contributed by atoms with van der Waals surface area (Å²) in [5, 5.41) is 4.87. The lowest BCUT2D eigenvalue weighted by Gasteiger charge is -2.19. The Kier molecular flexibility index (Phi) is 3.44. The van der Waals surface area contributed by atoms with Crippen molar-refractivity contribution in [2.45, 2.75) is 17.4 Å². The van der Waals surface area contributed by atoms with E-state index in [1.807, 2.05) is 24.3 Å². The van der Waals surface area contributed by atoms with E-state index in [0.717, 1.165) is 9.37 Å². The highest BCUT2D eigenvalue weighted by Crippen LogP contribution is 2.25. The summed E-state index contributed by atoms with van der Waals surface area (Å²) in [5.41, 5.74) is -0.825. The van der Waals surface area contributed by atoms with Gasteiger partial charge < -0.3 is 5.32 Å². The standard InChI is InChI=1S/C11H11BrN2O2S/c1-11(9(15)13-10(16)14-11)6-17-8-4-2-7(12)3-5-8/h2-5H,6H2,1H3,(H2,13,14,15,16). The zero-order chi connectivity index (χ0) is 12.5. The van der Waals surface area contributed by atoms with Crippen LogP contribution in [0, 0.1) is 0 Å². The largest absolute Gasteiger partial charge is 0.323 e. The molecule has 2 rings (SSSR count). The summed E-state index contributed by atoms with van der Waals surface area (Å²) < 4.78 is 1.01. The summed E-state index contributed by atoms with van der Waals surface area (Å²) in [6.07, 6.45) is 0. The summed E-state index contributed by atoms with van der Waals surface area (Å²) in [7, 11) is 0. The molecule has 1 atom stereocenters. The van der Waals surface area contributed by atoms with Gasteiger partial charge in [0.1, 0.15) is 5.54 Å². The summed E-state index contributed by atoms with van der Waals surface area (Å²) in [6, 6.07) is 7.39. The molecule has 0 spiro atoms. The minimum atomic E-state index is -0.825. The average molecular weight is 315 g/mol. The van der Waals surface area contributed by atoms with Crippen LogP contribution in [0.4, 0.5) is 4.79 Å². The minimum absolute atomic E-state index is 0.271. The van der Waals surface area contributed by atoms with E-state index in [2.05, 4.69) is 26.6 Å². The van der Waals surface area contributed by atoms with Crippen molar-refractivity contribution in [1.82, 2.24) is 10.6 Å². The van der Waals surface area contributed by atoms with Gasteiger partial charge in [0, 0.05) is 15.1 Å². The van der Waals surface area contributed by atoms with Gasteiger partial charge in [-0.3, -0.25) is 10.1 Å². The molecule has 0 saturated carbocycles. The van der Waals surface area contributed by atoms with Gasteiger partial charge in [0.2, 0.25) is 0 Å². The number of thioether (sulfide) groups is 1. The van der Waals surface area contributed by atoms with Crippen molar-refractivity contribution in [3.63, 3.8) is 0 Å². The smallest absolute Gasteiger partial charge is 0.322 e. The molecule has 4 nitrogen and oxygen atoms in total. The van der Waals surface area contributed by atoms with Crippen molar-refractivity contribution in [2.75, 3.05) is 5.75 Å². The third-order valence-electron chi connectivity index (χ3n) is 2.46. The first-order valence-electron chi connectivity index (χ1n) is 5.01. The van der Waals surface area contributed by atoms with Crippen LogP contribution in [0.5, 0.6) is 0 Å². The first-order chi connectivity index (χ1) is 7.99. The van der Waals surface area contributed by atoms with E-state index in [1.165, 1.54) is 11.8 Å². The van der Waals surface area contributed by atoms with Crippen molar-refractivity contribution in [3.8, 4) is 0 Å². The molecule has 3 amide bonds. The number of rotatable bonds is 3. The molecular formula is C11H11BrN2O2S. The van der Waals surface area contributed by atoms with Crippen LogP contribution in [-0.4, -0.2) is 23.2 Å². The maximum absolute atomic E-state index is 11.6. The topological polar surface area (TPSA) is 58.2 Å². The monoisotopic (exact) mass is 314 g/mol. The summed E-state index contributed by atoms with van der Waals surface area (Å²) in [6.45, 7) is 1.72. The van der Waals surface area contributed by atoms with E-state index < -0.39 is 11.6 Å². The number of nitrogens with one attached hydrogen (secondary N) is 2. The van der Waals surface area contributed by atoms with Gasteiger partial charge in [-0.05, 0) is 31.2 Å². The summed E-state index contributed by atoms with van der Waals surface area (Å²) in [5.74, 6) is 0.235. The number of benzene rings is 1. The molecule has 1 saturated heterocycles. The Morgan fingerprint density at radius 3 is 2.47 bits per heavy atom. The third-order valence-corrected chi connectivity index (χ3v) is 4.31. The van der Waals surface area contributed by atoms with Crippen molar-refractivity contribution < 1.29 is 9.59 Å². The highest BCUT2D eigenvalue weighted by Gasteiger charge is 2.41. The molecule has 0 radical (unpaired) electrons. The Morgan fingerprint density at radius 1 is 1.29 bits per heavy atom. The van der Waals surface area contributed by atoms with Crippen LogP contribution >= 0.6 is 27.7 Å². The molecule has 6 heteroatoms. The molecule has 1 aromatic carbocycles. The zero-order valence-corrected chi connectivity index (χ0v) is 11.5. The average Bonchev–Trinajstić information content (AvgIpc) is 2.52. The Hall–Kier alpha value is -1.01. The maximum atomic E-state index is 11.6. The molecule has 1 aliphatic rings. The highest BCUT2D eigenvalue weighted by atomic mass is 79.9. The van der Waals surface area contributed by atoms with Gasteiger partial charge >= 0.3 is 6.03 Å². The molecule has 0 aliphatic carbocycles. The molecule has 90 valence electrons. The second kappa shape index (κ2) is 4.70. The Morgan fingerprint density at radius 2 is 1.94 bits per heavy atom. The van der Waals surface area contributed by atoms with Crippen LogP contribution in [-0.2, 0) is 4.79 Å². The van der Waals surface area contributed by atoms with Crippen LogP contribution in [0.3, 0.4) is 0 Å². The lowest BCUT2D eigenvalue weighted by atomic mass is 10.1. The van der Waals surface area contributed by atoms with E-state index in [0.29, 0.717) is 5.75 Å². The maximum Gasteiger partial charge on any atom is 0.322 e. The lowest BCUT2D eigenvalue weighted by molar-refractivity contribution is -0.122. The molecule has 0 bridgehead atoms. The number of urea groups is 1. The van der Waals surface area contributed by atoms with Gasteiger partial charge in [-0.1, -0.05) is 15.9 Å². The fraction of sp³-hybridized carbons (Fsp3) is 0.273. The summed E-state index contributed by atoms with van der Waals surface area (Å²) in [4.78, 5) is 23.7. The second-order valence-electron chi connectivity index (χ2n) is 3.98. The normalized spacial score (nSPS) is 23.4. The molecule has 1 unspecified atom stereocenters. The van der Waals surface area contributed by atoms with Crippen LogP contribution in [0.15, 0.2) is 33.6 Å². The van der Waals surface area contributed by atoms with Gasteiger partial charge in [-0.25, -0.2) is 4.79 Å². The Bertz CT molecular complexity index is 463. The van der Waals surface area contributed by atoms with Gasteiger partial charge in [0.25, 0.3) is 5.91 Å². The highest BCUT2D eigenvalue weighted by molar-refractivity contribution is 9.10. The number of imide groups is 1. The molecule has 1 aromatic rings. The van der Waals surface area contributed by atoms with Crippen molar-refractivity contribution >= 4 is 39.6 Å². The van der Waals surface area contributed by atoms with Gasteiger partial charge in [0.15, 0.2) is 0 Å². The fourth-order valence-corrected chi connectivity index (χ4v) is 2.69. The molecule has 2 N–H and O–H groups in total. The molecular weight excluding hydrogens is 304 g/mol. The van der Waals surface area contributed by atoms with E-state index in [4.69, 9.17) is 0 Å². The van der Waals surface area contributed by atoms with Gasteiger partial charge in [-0.2, -0.15) is 0 Å². The van der Waals surface area contributed by atoms with Crippen LogP contribution < -0.4 is 10.6 Å². The molecule has 1 fully saturated rings. The number of carbonyl (C=O) groups excluding carboxylic acids is 2. The first kappa shape index (κ1) is 12.4. The van der Waals surface area contributed by atoms with Crippen molar-refractivity contribution in [2.24, 2.45) is 0 Å². The number of hydrogen-bond acceptors (Lipinski definition) is 3. The first-order valence-corrected chi connectivity index (χ1v) is 6.79. The van der Waals surface area contributed by atoms with Crippen molar-refractivity contribution in [3.05, 3.63) is 28.7 Å². The van der Waals surface area contributed by atoms with Gasteiger partial charge in [0.05, 0.1) is 0 Å². The van der Waals surface area contributed by atoms with Crippen LogP contribution in [0.25, 0.3) is 0 Å². The van der Waals surface area contributed by atoms with Gasteiger partial charge in [-0.15, -0.1) is 11.8 Å². The zero-order valence-electron chi connectivity index (χ0n) is 9.12. The molecule has 0 aromatic heterocycles. The number of carbonyl (C=O) groups is 2. The summed E-state index contributed by atoms with van der Waals surface area (Å²) >= 11 is 4.90. The van der Waals surface area contributed by atoms with Crippen LogP contribution in [0.1, 0.15) is 6.92 Å².